The van der Waals surface area contributed by atoms with Crippen molar-refractivity contribution in [1.82, 2.24) is 39.3 Å². The highest BCUT2D eigenvalue weighted by Gasteiger charge is 2.15. The van der Waals surface area contributed by atoms with E-state index in [1.165, 1.54) is 18.5 Å². The lowest BCUT2D eigenvalue weighted by molar-refractivity contribution is 0.419. The molecule has 0 fully saturated rings. The van der Waals surface area contributed by atoms with E-state index in [1.54, 1.807) is 82.1 Å². The number of benzene rings is 4. The molecule has 0 atom stereocenters. The predicted molar refractivity (Wildman–Crippen MR) is 218 cm³/mol. The largest absolute Gasteiger partial charge is 0.366 e. The van der Waals surface area contributed by atoms with Gasteiger partial charge in [-0.15, -0.1) is 0 Å². The van der Waals surface area contributed by atoms with Crippen molar-refractivity contribution in [2.24, 2.45) is 0 Å². The minimum absolute atomic E-state index is 0.326. The Bertz CT molecular complexity index is 2870. The summed E-state index contributed by atoms with van der Waals surface area (Å²) >= 11 is 6.90. The number of aromatic nitrogens is 8. The van der Waals surface area contributed by atoms with Gasteiger partial charge in [0.05, 0.1) is 44.4 Å². The summed E-state index contributed by atoms with van der Waals surface area (Å²) in [5.74, 6) is 1.27. The molecule has 0 bridgehead atoms. The number of rotatable bonds is 9. The molecule has 0 aliphatic rings. The molecular weight excluding hydrogens is 860 g/mol. The summed E-state index contributed by atoms with van der Waals surface area (Å²) in [6.45, 7) is 1.07. The van der Waals surface area contributed by atoms with Gasteiger partial charge in [-0.05, 0) is 79.4 Å². The van der Waals surface area contributed by atoms with E-state index >= 15 is 0 Å². The van der Waals surface area contributed by atoms with Crippen LogP contribution in [0.3, 0.4) is 0 Å². The molecule has 0 aliphatic carbocycles. The van der Waals surface area contributed by atoms with Crippen molar-refractivity contribution in [1.29, 1.82) is 5.26 Å². The summed E-state index contributed by atoms with van der Waals surface area (Å²) in [4.78, 5) is 13.2. The number of hydrogen-bond acceptors (Lipinski definition) is 10. The van der Waals surface area contributed by atoms with Crippen LogP contribution >= 0.6 is 31.9 Å². The minimum atomic E-state index is -0.331. The summed E-state index contributed by atoms with van der Waals surface area (Å²) in [5, 5.41) is 28.1. The number of hydrogen-bond donors (Lipinski definition) is 2. The number of nitriles is 1. The van der Waals surface area contributed by atoms with Gasteiger partial charge in [-0.3, -0.25) is 0 Å². The molecule has 16 heteroatoms. The fourth-order valence-electron chi connectivity index (χ4n) is 5.89. The topological polar surface area (TPSA) is 147 Å². The Labute approximate surface area is 340 Å². The van der Waals surface area contributed by atoms with Crippen LogP contribution in [0.25, 0.3) is 45.2 Å². The van der Waals surface area contributed by atoms with Crippen LogP contribution in [0.4, 0.5) is 20.4 Å². The Morgan fingerprint density at radius 3 is 1.61 bits per heavy atom. The van der Waals surface area contributed by atoms with Gasteiger partial charge in [0.15, 0.2) is 11.3 Å². The Morgan fingerprint density at radius 1 is 0.667 bits per heavy atom. The van der Waals surface area contributed by atoms with E-state index in [0.717, 1.165) is 25.6 Å². The van der Waals surface area contributed by atoms with Gasteiger partial charge in [-0.25, -0.2) is 18.7 Å². The minimum Gasteiger partial charge on any atom is -0.366 e. The molecule has 57 heavy (non-hydrogen) atoms. The number of halogens is 4. The molecule has 0 saturated heterocycles. The van der Waals surface area contributed by atoms with Crippen LogP contribution in [0.15, 0.2) is 141 Å². The molecule has 0 saturated carbocycles. The van der Waals surface area contributed by atoms with Gasteiger partial charge in [-0.1, -0.05) is 65.8 Å². The first-order valence-electron chi connectivity index (χ1n) is 17.3. The highest BCUT2D eigenvalue weighted by molar-refractivity contribution is 9.11. The molecule has 0 aliphatic heterocycles. The summed E-state index contributed by atoms with van der Waals surface area (Å²) in [6.07, 6.45) is 4.62. The van der Waals surface area contributed by atoms with E-state index in [-0.39, 0.29) is 11.6 Å². The molecule has 5 aromatic heterocycles. The standard InChI is InChI=1S/C21H14BrFN6O.C20H13BrFN5/c22-16-11-26-29-19(9-18(27-21(16)29)15-3-1-2-4-17(15)23)24-10-13-5-7-14(8-6-13)20-25-12-30-28-20;21-16-12-25-27-19(24-11-14-7-5-13(10-23)6-8-14)9-18(26-20(16)27)15-3-1-2-4-17(15)22/h1-9,11-12,24H,10H2;1-9,12,24H,11H2. The maximum absolute atomic E-state index is 14.3. The SMILES string of the molecule is Fc1ccccc1-c1cc(NCc2ccc(-c3ncon3)cc2)n2ncc(Br)c2n1.N#Cc1ccc(CNc2cc(-c3ccccc3F)nc3c(Br)cnn23)cc1. The van der Waals surface area contributed by atoms with Crippen LogP contribution in [0.5, 0.6) is 0 Å². The molecular formula is C41H27Br2F2N11O. The average molecular weight is 888 g/mol. The van der Waals surface area contributed by atoms with Crippen LogP contribution in [0.1, 0.15) is 16.7 Å². The van der Waals surface area contributed by atoms with Gasteiger partial charge < -0.3 is 15.2 Å². The zero-order valence-corrected chi connectivity index (χ0v) is 32.7. The molecule has 280 valence electrons. The number of nitrogens with zero attached hydrogens (tertiary/aromatic N) is 9. The van der Waals surface area contributed by atoms with Crippen molar-refractivity contribution < 1.29 is 13.3 Å². The second kappa shape index (κ2) is 16.5. The molecule has 0 amide bonds. The van der Waals surface area contributed by atoms with Crippen molar-refractivity contribution in [3.8, 4) is 40.0 Å². The van der Waals surface area contributed by atoms with Gasteiger partial charge in [0.1, 0.15) is 23.3 Å². The third-order valence-corrected chi connectivity index (χ3v) is 9.88. The Kier molecular flexibility index (Phi) is 10.7. The number of fused-ring (bicyclic) bond motifs is 2. The maximum atomic E-state index is 14.3. The first-order valence-corrected chi connectivity index (χ1v) is 18.8. The second-order valence-electron chi connectivity index (χ2n) is 12.4. The summed E-state index contributed by atoms with van der Waals surface area (Å²) in [7, 11) is 0. The molecule has 9 aromatic rings. The molecule has 2 N–H and O–H groups in total. The zero-order valence-electron chi connectivity index (χ0n) is 29.5. The molecule has 9 rings (SSSR count). The predicted octanol–water partition coefficient (Wildman–Crippen LogP) is 9.74. The smallest absolute Gasteiger partial charge is 0.214 e. The van der Waals surface area contributed by atoms with Gasteiger partial charge in [-0.2, -0.15) is 29.5 Å². The van der Waals surface area contributed by atoms with Crippen LogP contribution in [-0.2, 0) is 13.1 Å². The monoisotopic (exact) mass is 885 g/mol. The maximum Gasteiger partial charge on any atom is 0.214 e. The Morgan fingerprint density at radius 2 is 1.16 bits per heavy atom. The van der Waals surface area contributed by atoms with Crippen LogP contribution < -0.4 is 10.6 Å². The summed E-state index contributed by atoms with van der Waals surface area (Å²) < 4.78 is 38.1. The lowest BCUT2D eigenvalue weighted by Gasteiger charge is -2.11. The molecule has 4 aromatic carbocycles. The van der Waals surface area contributed by atoms with Gasteiger partial charge in [0.2, 0.25) is 12.2 Å². The lowest BCUT2D eigenvalue weighted by Crippen LogP contribution is -2.07. The fraction of sp³-hybridized carbons (Fsp3) is 0.0488. The quantitative estimate of drug-likeness (QED) is 0.144. The Balaban J connectivity index is 0.000000161. The highest BCUT2D eigenvalue weighted by Crippen LogP contribution is 2.29. The first-order chi connectivity index (χ1) is 27.8. The molecule has 12 nitrogen and oxygen atoms in total. The normalized spacial score (nSPS) is 10.9. The average Bonchev–Trinajstić information content (AvgIpc) is 4.01. The highest BCUT2D eigenvalue weighted by atomic mass is 79.9. The number of nitrogens with one attached hydrogen (secondary N) is 2. The van der Waals surface area contributed by atoms with E-state index in [0.29, 0.717) is 69.9 Å². The van der Waals surface area contributed by atoms with E-state index in [9.17, 15) is 8.78 Å². The molecule has 0 spiro atoms. The van der Waals surface area contributed by atoms with E-state index < -0.39 is 0 Å². The molecule has 0 unspecified atom stereocenters. The van der Waals surface area contributed by atoms with Gasteiger partial charge >= 0.3 is 0 Å². The van der Waals surface area contributed by atoms with Crippen molar-refractivity contribution >= 4 is 54.8 Å². The van der Waals surface area contributed by atoms with Crippen molar-refractivity contribution in [2.75, 3.05) is 10.6 Å². The van der Waals surface area contributed by atoms with Gasteiger partial charge in [0, 0.05) is 41.9 Å². The van der Waals surface area contributed by atoms with Crippen LogP contribution in [0.2, 0.25) is 0 Å². The zero-order chi connectivity index (χ0) is 39.3. The third-order valence-electron chi connectivity index (χ3n) is 8.76. The van der Waals surface area contributed by atoms with Crippen molar-refractivity contribution in [2.45, 2.75) is 13.1 Å². The third kappa shape index (κ3) is 8.11. The Hall–Kier alpha value is -6.83. The second-order valence-corrected chi connectivity index (χ2v) is 14.1. The molecule has 5 heterocycles. The van der Waals surface area contributed by atoms with E-state index in [2.05, 4.69) is 78.9 Å². The molecule has 0 radical (unpaired) electrons. The van der Waals surface area contributed by atoms with E-state index in [1.807, 2.05) is 36.4 Å². The van der Waals surface area contributed by atoms with Crippen molar-refractivity contribution in [3.63, 3.8) is 0 Å². The van der Waals surface area contributed by atoms with Crippen molar-refractivity contribution in [3.05, 3.63) is 165 Å². The van der Waals surface area contributed by atoms with Gasteiger partial charge in [0.25, 0.3) is 0 Å². The summed E-state index contributed by atoms with van der Waals surface area (Å²) in [5.41, 5.74) is 6.64. The fourth-order valence-corrected chi connectivity index (χ4v) is 6.59. The van der Waals surface area contributed by atoms with Crippen LogP contribution in [-0.4, -0.2) is 39.3 Å². The first kappa shape index (κ1) is 37.1. The van der Waals surface area contributed by atoms with Crippen LogP contribution in [0, 0.1) is 23.0 Å². The number of anilines is 2. The summed E-state index contributed by atoms with van der Waals surface area (Å²) in [6, 6.07) is 33.9. The lowest BCUT2D eigenvalue weighted by atomic mass is 10.1. The van der Waals surface area contributed by atoms with E-state index in [4.69, 9.17) is 9.78 Å².